The number of thioether (sulfide) groups is 2. The molecule has 3 unspecified atom stereocenters. The van der Waals surface area contributed by atoms with E-state index in [2.05, 4.69) is 77.0 Å². The van der Waals surface area contributed by atoms with E-state index in [9.17, 15) is 4.79 Å². The number of nitrogens with zero attached hydrogens (tertiary/aromatic N) is 1. The second kappa shape index (κ2) is 12.2. The van der Waals surface area contributed by atoms with Gasteiger partial charge in [-0.2, -0.15) is 0 Å². The Kier molecular flexibility index (Phi) is 9.79. The topological polar surface area (TPSA) is 42.0 Å². The number of hydrogen-bond acceptors (Lipinski definition) is 4. The molecule has 5 heteroatoms. The van der Waals surface area contributed by atoms with E-state index in [0.717, 1.165) is 12.0 Å². The Morgan fingerprint density at radius 3 is 2.09 bits per heavy atom. The molecule has 3 atom stereocenters. The molecule has 1 aromatic carbocycles. The molecule has 1 amide bonds. The van der Waals surface area contributed by atoms with E-state index < -0.39 is 0 Å². The Balaban J connectivity index is 1.73. The van der Waals surface area contributed by atoms with Crippen LogP contribution < -0.4 is 5.32 Å². The molecule has 3 nitrogen and oxygen atoms in total. The molecule has 1 saturated carbocycles. The zero-order valence-electron chi connectivity index (χ0n) is 22.7. The number of aromatic nitrogens is 1. The molecule has 2 aromatic rings. The van der Waals surface area contributed by atoms with Gasteiger partial charge in [0.15, 0.2) is 0 Å². The van der Waals surface area contributed by atoms with Crippen LogP contribution in [0.15, 0.2) is 47.6 Å². The van der Waals surface area contributed by atoms with Gasteiger partial charge in [0, 0.05) is 34.3 Å². The minimum atomic E-state index is -0.00548. The van der Waals surface area contributed by atoms with Gasteiger partial charge in [0.25, 0.3) is 0 Å². The molecular formula is C30H44N2OS2. The molecule has 0 spiro atoms. The van der Waals surface area contributed by atoms with Crippen molar-refractivity contribution in [3.63, 3.8) is 0 Å². The van der Waals surface area contributed by atoms with Crippen molar-refractivity contribution in [3.8, 4) is 0 Å². The number of hydrogen-bond donors (Lipinski definition) is 1. The average Bonchev–Trinajstić information content (AvgIpc) is 2.81. The van der Waals surface area contributed by atoms with Crippen molar-refractivity contribution in [1.29, 1.82) is 0 Å². The van der Waals surface area contributed by atoms with E-state index in [1.165, 1.54) is 41.7 Å². The standard InChI is InChI=1S/C30H44N2OS2/c1-8-25(28(33)32-20-21-13-15-31-16-14-21)35-27-12-10-9-11-26(27)34-24-18-22(29(2,3)4)17-23(19-24)30(5,6)7/h13-19,25-27H,8-12,20H2,1-7H3,(H,32,33). The fourth-order valence-corrected chi connectivity index (χ4v) is 7.53. The van der Waals surface area contributed by atoms with Gasteiger partial charge in [0.2, 0.25) is 5.91 Å². The Hall–Kier alpha value is -1.46. The third-order valence-corrected chi connectivity index (χ3v) is 10.1. The van der Waals surface area contributed by atoms with E-state index in [1.807, 2.05) is 35.7 Å². The summed E-state index contributed by atoms with van der Waals surface area (Å²) in [7, 11) is 0. The highest BCUT2D eigenvalue weighted by Gasteiger charge is 2.31. The summed E-state index contributed by atoms with van der Waals surface area (Å²) in [5, 5.41) is 4.19. The molecule has 35 heavy (non-hydrogen) atoms. The quantitative estimate of drug-likeness (QED) is 0.390. The summed E-state index contributed by atoms with van der Waals surface area (Å²) >= 11 is 3.96. The van der Waals surface area contributed by atoms with Crippen LogP contribution in [-0.2, 0) is 22.2 Å². The van der Waals surface area contributed by atoms with Crippen LogP contribution in [0.5, 0.6) is 0 Å². The van der Waals surface area contributed by atoms with Crippen molar-refractivity contribution in [2.45, 2.75) is 119 Å². The third-order valence-electron chi connectivity index (χ3n) is 6.79. The highest BCUT2D eigenvalue weighted by atomic mass is 32.2. The Bertz CT molecular complexity index is 930. The van der Waals surface area contributed by atoms with Crippen molar-refractivity contribution in [2.24, 2.45) is 0 Å². The zero-order valence-corrected chi connectivity index (χ0v) is 24.3. The zero-order chi connectivity index (χ0) is 25.6. The maximum Gasteiger partial charge on any atom is 0.233 e. The van der Waals surface area contributed by atoms with Gasteiger partial charge < -0.3 is 5.32 Å². The normalized spacial score (nSPS) is 19.9. The summed E-state index contributed by atoms with van der Waals surface area (Å²) in [5.41, 5.74) is 4.16. The molecule has 1 aliphatic carbocycles. The molecule has 1 aliphatic rings. The molecule has 1 fully saturated rings. The number of carbonyl (C=O) groups excluding carboxylic acids is 1. The van der Waals surface area contributed by atoms with Gasteiger partial charge in [0.05, 0.1) is 5.25 Å². The molecule has 1 aromatic heterocycles. The van der Waals surface area contributed by atoms with Crippen molar-refractivity contribution in [1.82, 2.24) is 10.3 Å². The number of pyridine rings is 1. The lowest BCUT2D eigenvalue weighted by molar-refractivity contribution is -0.120. The Morgan fingerprint density at radius 1 is 0.971 bits per heavy atom. The number of nitrogens with one attached hydrogen (secondary N) is 1. The van der Waals surface area contributed by atoms with Gasteiger partial charge in [-0.15, -0.1) is 23.5 Å². The number of carbonyl (C=O) groups is 1. The van der Waals surface area contributed by atoms with Crippen LogP contribution >= 0.6 is 23.5 Å². The maximum atomic E-state index is 13.0. The molecule has 0 bridgehead atoms. The van der Waals surface area contributed by atoms with Crippen LogP contribution in [0.25, 0.3) is 0 Å². The van der Waals surface area contributed by atoms with Gasteiger partial charge in [-0.05, 0) is 71.0 Å². The minimum Gasteiger partial charge on any atom is -0.351 e. The van der Waals surface area contributed by atoms with Crippen molar-refractivity contribution in [2.75, 3.05) is 0 Å². The second-order valence-electron chi connectivity index (χ2n) is 11.8. The fourth-order valence-electron chi connectivity index (χ4n) is 4.42. The highest BCUT2D eigenvalue weighted by Crippen LogP contribution is 2.43. The SMILES string of the molecule is CCC(SC1CCCCC1Sc1cc(C(C)(C)C)cc(C(C)(C)C)c1)C(=O)NCc1ccncc1. The molecule has 3 rings (SSSR count). The second-order valence-corrected chi connectivity index (χ2v) is 14.6. The Labute approximate surface area is 222 Å². The lowest BCUT2D eigenvalue weighted by atomic mass is 9.81. The summed E-state index contributed by atoms with van der Waals surface area (Å²) in [4.78, 5) is 18.5. The van der Waals surface area contributed by atoms with Gasteiger partial charge >= 0.3 is 0 Å². The van der Waals surface area contributed by atoms with Gasteiger partial charge in [-0.25, -0.2) is 0 Å². The predicted octanol–water partition coefficient (Wildman–Crippen LogP) is 7.91. The number of rotatable bonds is 8. The van der Waals surface area contributed by atoms with Crippen LogP contribution in [0.3, 0.4) is 0 Å². The predicted molar refractivity (Wildman–Crippen MR) is 153 cm³/mol. The first kappa shape index (κ1) is 28.1. The lowest BCUT2D eigenvalue weighted by Crippen LogP contribution is -2.35. The first-order valence-corrected chi connectivity index (χ1v) is 14.9. The van der Waals surface area contributed by atoms with Crippen LogP contribution in [-0.4, -0.2) is 26.6 Å². The van der Waals surface area contributed by atoms with Crippen molar-refractivity contribution < 1.29 is 4.79 Å². The van der Waals surface area contributed by atoms with E-state index in [4.69, 9.17) is 0 Å². The van der Waals surface area contributed by atoms with Gasteiger partial charge in [0.1, 0.15) is 0 Å². The van der Waals surface area contributed by atoms with Gasteiger partial charge in [-0.1, -0.05) is 67.4 Å². The maximum absolute atomic E-state index is 13.0. The highest BCUT2D eigenvalue weighted by molar-refractivity contribution is 8.04. The van der Waals surface area contributed by atoms with E-state index >= 15 is 0 Å². The number of amides is 1. The number of benzene rings is 1. The summed E-state index contributed by atoms with van der Waals surface area (Å²) in [6, 6.07) is 11.1. The first-order valence-electron chi connectivity index (χ1n) is 13.1. The summed E-state index contributed by atoms with van der Waals surface area (Å²) in [6.45, 7) is 16.5. The van der Waals surface area contributed by atoms with E-state index in [0.29, 0.717) is 17.0 Å². The molecule has 0 saturated heterocycles. The van der Waals surface area contributed by atoms with Crippen LogP contribution in [0.4, 0.5) is 0 Å². The average molecular weight is 513 g/mol. The molecular weight excluding hydrogens is 468 g/mol. The summed E-state index contributed by atoms with van der Waals surface area (Å²) in [5.74, 6) is 0.161. The summed E-state index contributed by atoms with van der Waals surface area (Å²) < 4.78 is 0. The molecule has 0 radical (unpaired) electrons. The minimum absolute atomic E-state index is 0.00548. The monoisotopic (exact) mass is 512 g/mol. The molecule has 192 valence electrons. The summed E-state index contributed by atoms with van der Waals surface area (Å²) in [6.07, 6.45) is 9.37. The van der Waals surface area contributed by atoms with Crippen molar-refractivity contribution >= 4 is 29.4 Å². The molecule has 0 aliphatic heterocycles. The van der Waals surface area contributed by atoms with E-state index in [-0.39, 0.29) is 22.0 Å². The molecule has 1 N–H and O–H groups in total. The van der Waals surface area contributed by atoms with Gasteiger partial charge in [-0.3, -0.25) is 9.78 Å². The van der Waals surface area contributed by atoms with E-state index in [1.54, 1.807) is 12.4 Å². The smallest absolute Gasteiger partial charge is 0.233 e. The largest absolute Gasteiger partial charge is 0.351 e. The third kappa shape index (κ3) is 8.28. The van der Waals surface area contributed by atoms with Crippen LogP contribution in [0, 0.1) is 0 Å². The molecule has 1 heterocycles. The lowest BCUT2D eigenvalue weighted by Gasteiger charge is -2.33. The van der Waals surface area contributed by atoms with Crippen LogP contribution in [0.1, 0.15) is 97.3 Å². The Morgan fingerprint density at radius 2 is 1.54 bits per heavy atom. The fraction of sp³-hybridized carbons (Fsp3) is 0.600. The van der Waals surface area contributed by atoms with Crippen molar-refractivity contribution in [3.05, 3.63) is 59.4 Å². The first-order chi connectivity index (χ1) is 16.5. The van der Waals surface area contributed by atoms with Crippen LogP contribution in [0.2, 0.25) is 0 Å².